The molecule has 2 aromatic carbocycles. The monoisotopic (exact) mass is 486 g/mol. The van der Waals surface area contributed by atoms with Crippen LogP contribution in [-0.2, 0) is 22.6 Å². The Morgan fingerprint density at radius 2 is 1.72 bits per heavy atom. The highest BCUT2D eigenvalue weighted by molar-refractivity contribution is 5.99. The van der Waals surface area contributed by atoms with Gasteiger partial charge in [-0.2, -0.15) is 0 Å². The number of hydrogen-bond donors (Lipinski definition) is 2. The number of ether oxygens (including phenoxy) is 2. The van der Waals surface area contributed by atoms with E-state index in [0.29, 0.717) is 35.1 Å². The maximum Gasteiger partial charge on any atom is 0.323 e. The van der Waals surface area contributed by atoms with Crippen molar-refractivity contribution in [3.63, 3.8) is 0 Å². The van der Waals surface area contributed by atoms with Gasteiger partial charge in [0.25, 0.3) is 5.56 Å². The van der Waals surface area contributed by atoms with E-state index < -0.39 is 6.03 Å². The van der Waals surface area contributed by atoms with Crippen LogP contribution in [0.15, 0.2) is 77.7 Å². The lowest BCUT2D eigenvalue weighted by Gasteiger charge is -2.13. The number of esters is 1. The number of carbonyl (C=O) groups is 2. The van der Waals surface area contributed by atoms with Crippen LogP contribution >= 0.6 is 0 Å². The molecular weight excluding hydrogens is 460 g/mol. The van der Waals surface area contributed by atoms with Gasteiger partial charge in [0.1, 0.15) is 18.0 Å². The van der Waals surface area contributed by atoms with Crippen molar-refractivity contribution in [2.24, 2.45) is 0 Å². The second-order valence-corrected chi connectivity index (χ2v) is 8.04. The average Bonchev–Trinajstić information content (AvgIpc) is 2.86. The van der Waals surface area contributed by atoms with E-state index >= 15 is 0 Å². The van der Waals surface area contributed by atoms with Gasteiger partial charge >= 0.3 is 12.0 Å². The molecule has 2 amide bonds. The lowest BCUT2D eigenvalue weighted by Crippen LogP contribution is -2.19. The van der Waals surface area contributed by atoms with E-state index in [-0.39, 0.29) is 24.6 Å². The summed E-state index contributed by atoms with van der Waals surface area (Å²) in [5.41, 5.74) is 3.65. The highest BCUT2D eigenvalue weighted by atomic mass is 16.5. The van der Waals surface area contributed by atoms with Gasteiger partial charge in [-0.1, -0.05) is 24.3 Å². The molecule has 0 unspecified atom stereocenters. The molecule has 2 N–H and O–H groups in total. The van der Waals surface area contributed by atoms with Crippen LogP contribution in [0.5, 0.6) is 5.75 Å². The Bertz CT molecular complexity index is 1450. The lowest BCUT2D eigenvalue weighted by molar-refractivity contribution is -0.142. The topological polar surface area (TPSA) is 111 Å². The predicted molar refractivity (Wildman–Crippen MR) is 136 cm³/mol. The number of hydrogen-bond acceptors (Lipinski definition) is 6. The van der Waals surface area contributed by atoms with Crippen LogP contribution in [0, 0.1) is 6.92 Å². The van der Waals surface area contributed by atoms with Crippen molar-refractivity contribution >= 4 is 29.0 Å². The highest BCUT2D eigenvalue weighted by Gasteiger charge is 2.09. The summed E-state index contributed by atoms with van der Waals surface area (Å²) >= 11 is 0. The van der Waals surface area contributed by atoms with Crippen molar-refractivity contribution < 1.29 is 19.1 Å². The van der Waals surface area contributed by atoms with E-state index in [0.717, 1.165) is 11.1 Å². The summed E-state index contributed by atoms with van der Waals surface area (Å²) in [7, 11) is 0. The molecule has 0 fully saturated rings. The Morgan fingerprint density at radius 3 is 2.50 bits per heavy atom. The number of nitrogens with zero attached hydrogens (tertiary/aromatic N) is 2. The fourth-order valence-electron chi connectivity index (χ4n) is 3.54. The van der Waals surface area contributed by atoms with Crippen molar-refractivity contribution in [1.82, 2.24) is 9.38 Å². The summed E-state index contributed by atoms with van der Waals surface area (Å²) in [5, 5.41) is 5.54. The third-order valence-corrected chi connectivity index (χ3v) is 5.31. The number of pyridine rings is 1. The molecule has 9 nitrogen and oxygen atoms in total. The maximum absolute atomic E-state index is 12.5. The standard InChI is InChI=1S/C27H26N4O5/c1-3-35-26(33)14-19-8-11-20(12-9-19)29-27(34)30-21-10-7-18(2)23(15-21)36-17-22-16-25(32)31-13-5-4-6-24(31)28-22/h4-13,15-16H,3,14,17H2,1-2H3,(H2,29,30,34). The van der Waals surface area contributed by atoms with E-state index in [4.69, 9.17) is 9.47 Å². The van der Waals surface area contributed by atoms with Crippen molar-refractivity contribution in [3.8, 4) is 5.75 Å². The number of nitrogens with one attached hydrogen (secondary N) is 2. The van der Waals surface area contributed by atoms with Gasteiger partial charge in [-0.3, -0.25) is 14.0 Å². The number of fused-ring (bicyclic) bond motifs is 1. The number of aryl methyl sites for hydroxylation is 1. The van der Waals surface area contributed by atoms with E-state index in [1.54, 1.807) is 61.7 Å². The number of aromatic nitrogens is 2. The molecule has 2 aromatic heterocycles. The van der Waals surface area contributed by atoms with Gasteiger partial charge in [0.05, 0.1) is 18.7 Å². The van der Waals surface area contributed by atoms with Crippen molar-refractivity contribution in [1.29, 1.82) is 0 Å². The first-order valence-electron chi connectivity index (χ1n) is 11.4. The normalized spacial score (nSPS) is 10.6. The van der Waals surface area contributed by atoms with E-state index in [2.05, 4.69) is 15.6 Å². The molecule has 0 saturated carbocycles. The molecule has 0 radical (unpaired) electrons. The van der Waals surface area contributed by atoms with E-state index in [1.807, 2.05) is 19.1 Å². The summed E-state index contributed by atoms with van der Waals surface area (Å²) in [6, 6.07) is 18.6. The predicted octanol–water partition coefficient (Wildman–Crippen LogP) is 4.33. The minimum atomic E-state index is -0.424. The molecule has 4 aromatic rings. The third-order valence-electron chi connectivity index (χ3n) is 5.31. The highest BCUT2D eigenvalue weighted by Crippen LogP contribution is 2.24. The van der Waals surface area contributed by atoms with Crippen LogP contribution in [0.2, 0.25) is 0 Å². The van der Waals surface area contributed by atoms with Gasteiger partial charge < -0.3 is 20.1 Å². The number of anilines is 2. The number of carbonyl (C=O) groups excluding carboxylic acids is 2. The molecule has 0 saturated heterocycles. The van der Waals surface area contributed by atoms with Crippen LogP contribution in [0.25, 0.3) is 5.65 Å². The van der Waals surface area contributed by atoms with Gasteiger partial charge in [0, 0.05) is 29.7 Å². The zero-order chi connectivity index (χ0) is 25.5. The third kappa shape index (κ3) is 6.26. The summed E-state index contributed by atoms with van der Waals surface area (Å²) in [5.74, 6) is 0.267. The molecule has 36 heavy (non-hydrogen) atoms. The molecule has 0 aliphatic heterocycles. The summed E-state index contributed by atoms with van der Waals surface area (Å²) in [4.78, 5) is 40.8. The molecular formula is C27H26N4O5. The van der Waals surface area contributed by atoms with Gasteiger partial charge in [-0.15, -0.1) is 0 Å². The first-order valence-corrected chi connectivity index (χ1v) is 11.4. The SMILES string of the molecule is CCOC(=O)Cc1ccc(NC(=O)Nc2ccc(C)c(OCc3cc(=O)n4ccccc4n3)c2)cc1. The first-order chi connectivity index (χ1) is 17.4. The Hall–Kier alpha value is -4.66. The quantitative estimate of drug-likeness (QED) is 0.359. The molecule has 184 valence electrons. The average molecular weight is 487 g/mol. The molecule has 0 aliphatic carbocycles. The number of benzene rings is 2. The molecule has 0 bridgehead atoms. The van der Waals surface area contributed by atoms with Crippen molar-refractivity contribution in [2.45, 2.75) is 26.9 Å². The molecule has 0 aliphatic rings. The van der Waals surface area contributed by atoms with Gasteiger partial charge in [-0.25, -0.2) is 9.78 Å². The maximum atomic E-state index is 12.5. The Balaban J connectivity index is 1.37. The Morgan fingerprint density at radius 1 is 0.972 bits per heavy atom. The smallest absolute Gasteiger partial charge is 0.323 e. The Labute approximate surface area is 207 Å². The second-order valence-electron chi connectivity index (χ2n) is 8.04. The van der Waals surface area contributed by atoms with Crippen molar-refractivity contribution in [3.05, 3.63) is 100 Å². The summed E-state index contributed by atoms with van der Waals surface area (Å²) in [6.07, 6.45) is 1.84. The van der Waals surface area contributed by atoms with Gasteiger partial charge in [-0.05, 0) is 55.3 Å². The molecule has 4 rings (SSSR count). The zero-order valence-corrected chi connectivity index (χ0v) is 20.0. The van der Waals surface area contributed by atoms with Crippen LogP contribution < -0.4 is 20.9 Å². The lowest BCUT2D eigenvalue weighted by atomic mass is 10.1. The van der Waals surface area contributed by atoms with Crippen LogP contribution in [-0.4, -0.2) is 28.0 Å². The fourth-order valence-corrected chi connectivity index (χ4v) is 3.54. The van der Waals surface area contributed by atoms with Crippen LogP contribution in [0.1, 0.15) is 23.7 Å². The van der Waals surface area contributed by atoms with E-state index in [1.165, 1.54) is 10.5 Å². The largest absolute Gasteiger partial charge is 0.487 e. The number of rotatable bonds is 8. The van der Waals surface area contributed by atoms with Crippen LogP contribution in [0.3, 0.4) is 0 Å². The molecule has 0 atom stereocenters. The van der Waals surface area contributed by atoms with Crippen LogP contribution in [0.4, 0.5) is 16.2 Å². The van der Waals surface area contributed by atoms with Crippen molar-refractivity contribution in [2.75, 3.05) is 17.2 Å². The number of urea groups is 1. The summed E-state index contributed by atoms with van der Waals surface area (Å²) in [6.45, 7) is 4.09. The summed E-state index contributed by atoms with van der Waals surface area (Å²) < 4.78 is 12.3. The van der Waals surface area contributed by atoms with Gasteiger partial charge in [0.15, 0.2) is 0 Å². The zero-order valence-electron chi connectivity index (χ0n) is 20.0. The fraction of sp³-hybridized carbons (Fsp3) is 0.185. The van der Waals surface area contributed by atoms with E-state index in [9.17, 15) is 14.4 Å². The second kappa shape index (κ2) is 11.2. The first kappa shape index (κ1) is 24.5. The Kier molecular flexibility index (Phi) is 7.60. The minimum absolute atomic E-state index is 0.106. The number of amides is 2. The van der Waals surface area contributed by atoms with Gasteiger partial charge in [0.2, 0.25) is 0 Å². The minimum Gasteiger partial charge on any atom is -0.487 e. The molecule has 9 heteroatoms. The molecule has 2 heterocycles. The molecule has 0 spiro atoms.